The second-order valence-electron chi connectivity index (χ2n) is 7.49. The quantitative estimate of drug-likeness (QED) is 0.862. The van der Waals surface area contributed by atoms with E-state index in [9.17, 15) is 10.1 Å². The Morgan fingerprint density at radius 2 is 1.72 bits per heavy atom. The molecule has 1 N–H and O–H groups in total. The molecule has 1 aliphatic carbocycles. The molecule has 0 aromatic heterocycles. The molecule has 1 aliphatic heterocycles. The van der Waals surface area contributed by atoms with Gasteiger partial charge in [-0.05, 0) is 24.3 Å². The van der Waals surface area contributed by atoms with E-state index in [0.717, 1.165) is 44.6 Å². The van der Waals surface area contributed by atoms with Crippen LogP contribution >= 0.6 is 0 Å². The van der Waals surface area contributed by atoms with Crippen molar-refractivity contribution in [1.29, 1.82) is 5.26 Å². The highest BCUT2D eigenvalue weighted by atomic mass is 16.2. The summed E-state index contributed by atoms with van der Waals surface area (Å²) in [6.45, 7) is 7.46. The van der Waals surface area contributed by atoms with Gasteiger partial charge in [-0.1, -0.05) is 44.2 Å². The van der Waals surface area contributed by atoms with Gasteiger partial charge in [-0.2, -0.15) is 5.26 Å². The van der Waals surface area contributed by atoms with Gasteiger partial charge in [-0.15, -0.1) is 0 Å². The zero-order chi connectivity index (χ0) is 17.8. The zero-order valence-electron chi connectivity index (χ0n) is 15.2. The number of hydrogen-bond donors (Lipinski definition) is 1. The Bertz CT molecular complexity index is 612. The van der Waals surface area contributed by atoms with E-state index in [2.05, 4.69) is 35.0 Å². The lowest BCUT2D eigenvalue weighted by molar-refractivity contribution is -0.127. The number of nitriles is 1. The van der Waals surface area contributed by atoms with Crippen molar-refractivity contribution in [3.05, 3.63) is 35.9 Å². The molecule has 134 valence electrons. The van der Waals surface area contributed by atoms with Crippen LogP contribution in [0.2, 0.25) is 0 Å². The summed E-state index contributed by atoms with van der Waals surface area (Å²) < 4.78 is 0. The lowest BCUT2D eigenvalue weighted by Crippen LogP contribution is -2.54. The predicted octanol–water partition coefficient (Wildman–Crippen LogP) is 2.17. The van der Waals surface area contributed by atoms with E-state index in [-0.39, 0.29) is 18.0 Å². The average molecular weight is 340 g/mol. The smallest absolute Gasteiger partial charge is 0.242 e. The lowest BCUT2D eigenvalue weighted by Gasteiger charge is -2.41. The molecule has 1 aromatic carbocycles. The summed E-state index contributed by atoms with van der Waals surface area (Å²) >= 11 is 0. The van der Waals surface area contributed by atoms with Crippen molar-refractivity contribution in [2.24, 2.45) is 5.92 Å². The van der Waals surface area contributed by atoms with Crippen molar-refractivity contribution in [2.75, 3.05) is 26.2 Å². The van der Waals surface area contributed by atoms with Crippen molar-refractivity contribution >= 4 is 5.91 Å². The SMILES string of the molecule is CC(C)C(C#N)N1CCN(C(C(=O)NC2CC2)c2ccccc2)CC1. The zero-order valence-corrected chi connectivity index (χ0v) is 15.2. The van der Waals surface area contributed by atoms with Crippen LogP contribution < -0.4 is 5.32 Å². The van der Waals surface area contributed by atoms with Gasteiger partial charge in [-0.25, -0.2) is 0 Å². The molecular formula is C20H28N4O. The minimum atomic E-state index is -0.233. The first-order chi connectivity index (χ1) is 12.1. The van der Waals surface area contributed by atoms with Crippen LogP contribution in [-0.4, -0.2) is 54.0 Å². The molecule has 1 saturated heterocycles. The maximum atomic E-state index is 12.9. The molecule has 3 rings (SSSR count). The third kappa shape index (κ3) is 4.39. The van der Waals surface area contributed by atoms with E-state index < -0.39 is 0 Å². The average Bonchev–Trinajstić information content (AvgIpc) is 3.42. The fourth-order valence-electron chi connectivity index (χ4n) is 3.60. The number of carbonyl (C=O) groups is 1. The first-order valence-corrected chi connectivity index (χ1v) is 9.33. The van der Waals surface area contributed by atoms with Gasteiger partial charge >= 0.3 is 0 Å². The molecule has 0 bridgehead atoms. The van der Waals surface area contributed by atoms with E-state index >= 15 is 0 Å². The van der Waals surface area contributed by atoms with Gasteiger partial charge in [0.1, 0.15) is 12.1 Å². The number of carbonyl (C=O) groups excluding carboxylic acids is 1. The maximum Gasteiger partial charge on any atom is 0.242 e. The largest absolute Gasteiger partial charge is 0.352 e. The van der Waals surface area contributed by atoms with Crippen LogP contribution in [0, 0.1) is 17.2 Å². The number of rotatable bonds is 6. The Hall–Kier alpha value is -1.90. The molecule has 1 aromatic rings. The predicted molar refractivity (Wildman–Crippen MR) is 97.7 cm³/mol. The summed E-state index contributed by atoms with van der Waals surface area (Å²) in [5.41, 5.74) is 1.05. The number of piperazine rings is 1. The summed E-state index contributed by atoms with van der Waals surface area (Å²) in [5, 5.41) is 12.6. The van der Waals surface area contributed by atoms with Gasteiger partial charge in [-0.3, -0.25) is 14.6 Å². The Morgan fingerprint density at radius 3 is 2.24 bits per heavy atom. The van der Waals surface area contributed by atoms with Gasteiger partial charge in [0, 0.05) is 32.2 Å². The second kappa shape index (κ2) is 7.99. The molecule has 0 radical (unpaired) electrons. The Labute approximate surface area is 150 Å². The van der Waals surface area contributed by atoms with Crippen LogP contribution in [0.25, 0.3) is 0 Å². The Kier molecular flexibility index (Phi) is 5.72. The van der Waals surface area contributed by atoms with Crippen LogP contribution in [0.5, 0.6) is 0 Å². The monoisotopic (exact) mass is 340 g/mol. The van der Waals surface area contributed by atoms with Crippen molar-refractivity contribution < 1.29 is 4.79 Å². The van der Waals surface area contributed by atoms with E-state index in [1.54, 1.807) is 0 Å². The summed E-state index contributed by atoms with van der Waals surface area (Å²) in [5.74, 6) is 0.433. The van der Waals surface area contributed by atoms with Gasteiger partial charge in [0.15, 0.2) is 0 Å². The summed E-state index contributed by atoms with van der Waals surface area (Å²) in [6, 6.07) is 12.6. The van der Waals surface area contributed by atoms with Crippen LogP contribution in [-0.2, 0) is 4.79 Å². The van der Waals surface area contributed by atoms with Crippen LogP contribution in [0.3, 0.4) is 0 Å². The molecule has 1 saturated carbocycles. The second-order valence-corrected chi connectivity index (χ2v) is 7.49. The highest BCUT2D eigenvalue weighted by molar-refractivity contribution is 5.83. The number of nitrogens with zero attached hydrogens (tertiary/aromatic N) is 3. The fourth-order valence-corrected chi connectivity index (χ4v) is 3.60. The van der Waals surface area contributed by atoms with Crippen LogP contribution in [0.15, 0.2) is 30.3 Å². The molecule has 1 amide bonds. The molecule has 25 heavy (non-hydrogen) atoms. The van der Waals surface area contributed by atoms with Crippen LogP contribution in [0.1, 0.15) is 38.3 Å². The number of benzene rings is 1. The number of hydrogen-bond acceptors (Lipinski definition) is 4. The number of amides is 1. The van der Waals surface area contributed by atoms with Crippen molar-refractivity contribution in [3.63, 3.8) is 0 Å². The molecule has 2 fully saturated rings. The van der Waals surface area contributed by atoms with Gasteiger partial charge in [0.25, 0.3) is 0 Å². The highest BCUT2D eigenvalue weighted by Crippen LogP contribution is 2.26. The van der Waals surface area contributed by atoms with Crippen molar-refractivity contribution in [1.82, 2.24) is 15.1 Å². The summed E-state index contributed by atoms with van der Waals surface area (Å²) in [4.78, 5) is 17.4. The highest BCUT2D eigenvalue weighted by Gasteiger charge is 2.35. The van der Waals surface area contributed by atoms with E-state index in [1.807, 2.05) is 30.3 Å². The Balaban J connectivity index is 1.70. The molecular weight excluding hydrogens is 312 g/mol. The van der Waals surface area contributed by atoms with Crippen molar-refractivity contribution in [2.45, 2.75) is 44.8 Å². The molecule has 2 aliphatic rings. The topological polar surface area (TPSA) is 59.4 Å². The first-order valence-electron chi connectivity index (χ1n) is 9.33. The molecule has 5 nitrogen and oxygen atoms in total. The molecule has 5 heteroatoms. The van der Waals surface area contributed by atoms with Gasteiger partial charge in [0.05, 0.1) is 6.07 Å². The summed E-state index contributed by atoms with van der Waals surface area (Å²) in [7, 11) is 0. The van der Waals surface area contributed by atoms with Gasteiger partial charge < -0.3 is 5.32 Å². The molecule has 1 heterocycles. The summed E-state index contributed by atoms with van der Waals surface area (Å²) in [6.07, 6.45) is 2.19. The standard InChI is InChI=1S/C20H28N4O/c1-15(2)18(14-21)23-10-12-24(13-11-23)19(16-6-4-3-5-7-16)20(25)22-17-8-9-17/h3-7,15,17-19H,8-13H2,1-2H3,(H,22,25). The third-order valence-corrected chi connectivity index (χ3v) is 5.16. The lowest BCUT2D eigenvalue weighted by atomic mass is 10.0. The minimum absolute atomic E-state index is 0.0439. The first kappa shape index (κ1) is 17.9. The third-order valence-electron chi connectivity index (χ3n) is 5.16. The fraction of sp³-hybridized carbons (Fsp3) is 0.600. The maximum absolute atomic E-state index is 12.9. The molecule has 0 spiro atoms. The molecule has 2 atom stereocenters. The van der Waals surface area contributed by atoms with Gasteiger partial charge in [0.2, 0.25) is 5.91 Å². The molecule has 2 unspecified atom stereocenters. The number of nitrogens with one attached hydrogen (secondary N) is 1. The van der Waals surface area contributed by atoms with E-state index in [0.29, 0.717) is 12.0 Å². The van der Waals surface area contributed by atoms with E-state index in [1.165, 1.54) is 0 Å². The Morgan fingerprint density at radius 1 is 1.12 bits per heavy atom. The normalized spacial score (nSPS) is 21.5. The minimum Gasteiger partial charge on any atom is -0.352 e. The van der Waals surface area contributed by atoms with Crippen molar-refractivity contribution in [3.8, 4) is 6.07 Å². The van der Waals surface area contributed by atoms with Crippen LogP contribution in [0.4, 0.5) is 0 Å². The van der Waals surface area contributed by atoms with E-state index in [4.69, 9.17) is 0 Å².